The van der Waals surface area contributed by atoms with E-state index in [1.54, 1.807) is 12.0 Å². The summed E-state index contributed by atoms with van der Waals surface area (Å²) < 4.78 is 5.46. The second kappa shape index (κ2) is 5.24. The fourth-order valence-corrected chi connectivity index (χ4v) is 2.61. The summed E-state index contributed by atoms with van der Waals surface area (Å²) in [4.78, 5) is 14.1. The van der Waals surface area contributed by atoms with Gasteiger partial charge in [0.15, 0.2) is 0 Å². The number of hydrogen-bond acceptors (Lipinski definition) is 2. The molecule has 0 spiro atoms. The van der Waals surface area contributed by atoms with Crippen LogP contribution in [0, 0.1) is 0 Å². The minimum absolute atomic E-state index is 0.0312. The smallest absolute Gasteiger partial charge is 0.322 e. The van der Waals surface area contributed by atoms with Crippen LogP contribution in [-0.2, 0) is 5.41 Å². The Kier molecular flexibility index (Phi) is 3.91. The normalized spacial score (nSPS) is 18.4. The standard InChI is InChI=1S/C17H26N2O2/c1-16(2,3)13-11-12(7-8-14(13)21-6)19-10-9-17(4,5)18-15(19)20/h7-8,11H,9-10H2,1-6H3,(H,18,20). The first-order valence-electron chi connectivity index (χ1n) is 7.42. The highest BCUT2D eigenvalue weighted by atomic mass is 16.5. The molecule has 116 valence electrons. The maximum Gasteiger partial charge on any atom is 0.322 e. The summed E-state index contributed by atoms with van der Waals surface area (Å²) in [6, 6.07) is 5.93. The molecule has 0 radical (unpaired) electrons. The average molecular weight is 290 g/mol. The van der Waals surface area contributed by atoms with Crippen molar-refractivity contribution in [1.29, 1.82) is 0 Å². The van der Waals surface area contributed by atoms with Crippen LogP contribution in [0.2, 0.25) is 0 Å². The molecule has 0 aromatic heterocycles. The van der Waals surface area contributed by atoms with Crippen molar-refractivity contribution in [3.63, 3.8) is 0 Å². The molecular formula is C17H26N2O2. The fraction of sp³-hybridized carbons (Fsp3) is 0.588. The van der Waals surface area contributed by atoms with Gasteiger partial charge in [0.05, 0.1) is 7.11 Å². The molecule has 1 aliphatic heterocycles. The van der Waals surface area contributed by atoms with Gasteiger partial charge in [-0.2, -0.15) is 0 Å². The van der Waals surface area contributed by atoms with Gasteiger partial charge in [-0.05, 0) is 43.9 Å². The predicted octanol–water partition coefficient (Wildman–Crippen LogP) is 3.69. The van der Waals surface area contributed by atoms with E-state index in [-0.39, 0.29) is 17.0 Å². The van der Waals surface area contributed by atoms with Crippen LogP contribution in [0.25, 0.3) is 0 Å². The number of methoxy groups -OCH3 is 1. The molecule has 1 fully saturated rings. The lowest BCUT2D eigenvalue weighted by molar-refractivity contribution is 0.224. The Morgan fingerprint density at radius 2 is 1.95 bits per heavy atom. The molecular weight excluding hydrogens is 264 g/mol. The minimum Gasteiger partial charge on any atom is -0.496 e. The van der Waals surface area contributed by atoms with E-state index in [4.69, 9.17) is 4.74 Å². The minimum atomic E-state index is -0.132. The molecule has 0 aliphatic carbocycles. The first-order valence-corrected chi connectivity index (χ1v) is 7.42. The molecule has 1 aromatic rings. The second-order valence-corrected chi connectivity index (χ2v) is 7.35. The third kappa shape index (κ3) is 3.31. The SMILES string of the molecule is COc1ccc(N2CCC(C)(C)NC2=O)cc1C(C)(C)C. The third-order valence-corrected chi connectivity index (χ3v) is 3.95. The highest BCUT2D eigenvalue weighted by Crippen LogP contribution is 2.35. The Hall–Kier alpha value is -1.71. The van der Waals surface area contributed by atoms with Crippen molar-refractivity contribution in [2.24, 2.45) is 0 Å². The highest BCUT2D eigenvalue weighted by Gasteiger charge is 2.31. The summed E-state index contributed by atoms with van der Waals surface area (Å²) in [6.07, 6.45) is 0.926. The number of urea groups is 1. The molecule has 0 atom stereocenters. The summed E-state index contributed by atoms with van der Waals surface area (Å²) in [6.45, 7) is 11.3. The Bertz CT molecular complexity index is 544. The van der Waals surface area contributed by atoms with Gasteiger partial charge in [0.1, 0.15) is 5.75 Å². The van der Waals surface area contributed by atoms with Crippen molar-refractivity contribution >= 4 is 11.7 Å². The largest absolute Gasteiger partial charge is 0.496 e. The molecule has 0 saturated carbocycles. The van der Waals surface area contributed by atoms with Crippen LogP contribution in [0.5, 0.6) is 5.75 Å². The van der Waals surface area contributed by atoms with Crippen LogP contribution in [0.15, 0.2) is 18.2 Å². The van der Waals surface area contributed by atoms with E-state index in [0.29, 0.717) is 0 Å². The molecule has 4 nitrogen and oxygen atoms in total. The average Bonchev–Trinajstić information content (AvgIpc) is 2.36. The topological polar surface area (TPSA) is 41.6 Å². The number of nitrogens with zero attached hydrogens (tertiary/aromatic N) is 1. The Morgan fingerprint density at radius 1 is 1.29 bits per heavy atom. The monoisotopic (exact) mass is 290 g/mol. The van der Waals surface area contributed by atoms with Gasteiger partial charge in [-0.15, -0.1) is 0 Å². The number of rotatable bonds is 2. The first kappa shape index (κ1) is 15.7. The molecule has 2 rings (SSSR count). The first-order chi connectivity index (χ1) is 9.64. The molecule has 1 heterocycles. The third-order valence-electron chi connectivity index (χ3n) is 3.95. The predicted molar refractivity (Wildman–Crippen MR) is 86.3 cm³/mol. The van der Waals surface area contributed by atoms with Gasteiger partial charge in [0.2, 0.25) is 0 Å². The molecule has 0 unspecified atom stereocenters. The van der Waals surface area contributed by atoms with E-state index in [1.807, 2.05) is 12.1 Å². The van der Waals surface area contributed by atoms with Crippen LogP contribution >= 0.6 is 0 Å². The molecule has 21 heavy (non-hydrogen) atoms. The molecule has 2 amide bonds. The number of hydrogen-bond donors (Lipinski definition) is 1. The number of benzene rings is 1. The fourth-order valence-electron chi connectivity index (χ4n) is 2.61. The zero-order chi connectivity index (χ0) is 15.8. The molecule has 1 saturated heterocycles. The van der Waals surface area contributed by atoms with Gasteiger partial charge in [-0.1, -0.05) is 20.8 Å². The van der Waals surface area contributed by atoms with E-state index in [1.165, 1.54) is 0 Å². The zero-order valence-electron chi connectivity index (χ0n) is 13.9. The summed E-state index contributed by atoms with van der Waals surface area (Å²) in [5, 5.41) is 3.05. The number of anilines is 1. The highest BCUT2D eigenvalue weighted by molar-refractivity contribution is 5.93. The number of nitrogens with one attached hydrogen (secondary N) is 1. The number of ether oxygens (including phenoxy) is 1. The van der Waals surface area contributed by atoms with Gasteiger partial charge in [-0.25, -0.2) is 4.79 Å². The number of carbonyl (C=O) groups excluding carboxylic acids is 1. The van der Waals surface area contributed by atoms with Crippen LogP contribution < -0.4 is 15.0 Å². The van der Waals surface area contributed by atoms with E-state index >= 15 is 0 Å². The Balaban J connectivity index is 2.36. The lowest BCUT2D eigenvalue weighted by atomic mass is 9.86. The number of carbonyl (C=O) groups is 1. The lowest BCUT2D eigenvalue weighted by Gasteiger charge is -2.38. The summed E-state index contributed by atoms with van der Waals surface area (Å²) in [7, 11) is 1.68. The second-order valence-electron chi connectivity index (χ2n) is 7.35. The lowest BCUT2D eigenvalue weighted by Crippen LogP contribution is -2.57. The summed E-state index contributed by atoms with van der Waals surface area (Å²) in [5.74, 6) is 0.865. The van der Waals surface area contributed by atoms with Gasteiger partial charge >= 0.3 is 6.03 Å². The maximum absolute atomic E-state index is 12.3. The molecule has 4 heteroatoms. The van der Waals surface area contributed by atoms with Crippen molar-refractivity contribution in [1.82, 2.24) is 5.32 Å². The summed E-state index contributed by atoms with van der Waals surface area (Å²) >= 11 is 0. The number of amides is 2. The van der Waals surface area contributed by atoms with Crippen molar-refractivity contribution in [3.05, 3.63) is 23.8 Å². The Labute approximate surface area is 127 Å². The zero-order valence-corrected chi connectivity index (χ0v) is 13.9. The van der Waals surface area contributed by atoms with Crippen molar-refractivity contribution in [2.75, 3.05) is 18.6 Å². The van der Waals surface area contributed by atoms with Crippen LogP contribution in [0.1, 0.15) is 46.6 Å². The molecule has 1 N–H and O–H groups in total. The van der Waals surface area contributed by atoms with Crippen molar-refractivity contribution in [3.8, 4) is 5.75 Å². The van der Waals surface area contributed by atoms with E-state index in [9.17, 15) is 4.79 Å². The van der Waals surface area contributed by atoms with Crippen molar-refractivity contribution in [2.45, 2.75) is 52.0 Å². The van der Waals surface area contributed by atoms with E-state index in [0.717, 1.165) is 30.0 Å². The van der Waals surface area contributed by atoms with Gasteiger partial charge in [0, 0.05) is 23.3 Å². The molecule has 1 aromatic carbocycles. The Morgan fingerprint density at radius 3 is 2.48 bits per heavy atom. The van der Waals surface area contributed by atoms with E-state index < -0.39 is 0 Å². The van der Waals surface area contributed by atoms with Gasteiger partial charge in [-0.3, -0.25) is 4.90 Å². The maximum atomic E-state index is 12.3. The summed E-state index contributed by atoms with van der Waals surface area (Å²) in [5.41, 5.74) is 1.87. The van der Waals surface area contributed by atoms with Crippen LogP contribution in [-0.4, -0.2) is 25.2 Å². The molecule has 1 aliphatic rings. The van der Waals surface area contributed by atoms with Gasteiger partial charge in [0.25, 0.3) is 0 Å². The van der Waals surface area contributed by atoms with E-state index in [2.05, 4.69) is 46.0 Å². The quantitative estimate of drug-likeness (QED) is 0.902. The van der Waals surface area contributed by atoms with Crippen molar-refractivity contribution < 1.29 is 9.53 Å². The van der Waals surface area contributed by atoms with Crippen LogP contribution in [0.3, 0.4) is 0 Å². The van der Waals surface area contributed by atoms with Crippen LogP contribution in [0.4, 0.5) is 10.5 Å². The van der Waals surface area contributed by atoms with Gasteiger partial charge < -0.3 is 10.1 Å². The molecule has 0 bridgehead atoms.